The lowest BCUT2D eigenvalue weighted by atomic mass is 10.2. The minimum Gasteiger partial charge on any atom is -0.341 e. The van der Waals surface area contributed by atoms with Crippen molar-refractivity contribution in [3.8, 4) is 0 Å². The number of para-hydroxylation sites is 1. The van der Waals surface area contributed by atoms with Crippen LogP contribution in [0, 0.1) is 4.77 Å². The Kier molecular flexibility index (Phi) is 5.99. The maximum absolute atomic E-state index is 12.6. The van der Waals surface area contributed by atoms with Crippen LogP contribution in [0.5, 0.6) is 0 Å². The number of amides is 1. The summed E-state index contributed by atoms with van der Waals surface area (Å²) in [5, 5.41) is 1.42. The molecule has 1 N–H and O–H groups in total. The van der Waals surface area contributed by atoms with E-state index >= 15 is 0 Å². The summed E-state index contributed by atoms with van der Waals surface area (Å²) in [5.41, 5.74) is 1.24. The molecule has 140 valence electrons. The van der Waals surface area contributed by atoms with E-state index in [0.29, 0.717) is 32.3 Å². The molecule has 0 aliphatic rings. The van der Waals surface area contributed by atoms with Gasteiger partial charge in [-0.15, -0.1) is 0 Å². The number of nitrogens with zero attached hydrogens (tertiary/aromatic N) is 2. The largest absolute Gasteiger partial charge is 0.341 e. The molecule has 0 spiro atoms. The second-order valence-corrected chi connectivity index (χ2v) is 7.32. The number of aromatic amines is 1. The summed E-state index contributed by atoms with van der Waals surface area (Å²) in [6, 6.07) is 12.5. The summed E-state index contributed by atoms with van der Waals surface area (Å²) in [5.74, 6) is -0.125. The van der Waals surface area contributed by atoms with Gasteiger partial charge in [0.15, 0.2) is 4.77 Å². The van der Waals surface area contributed by atoms with Gasteiger partial charge in [-0.1, -0.05) is 47.5 Å². The van der Waals surface area contributed by atoms with Crippen molar-refractivity contribution in [2.75, 3.05) is 7.05 Å². The second-order valence-electron chi connectivity index (χ2n) is 6.15. The Morgan fingerprint density at radius 1 is 1.19 bits per heavy atom. The van der Waals surface area contributed by atoms with E-state index in [2.05, 4.69) is 4.98 Å². The van der Waals surface area contributed by atoms with E-state index in [9.17, 15) is 9.59 Å². The fourth-order valence-electron chi connectivity index (χ4n) is 2.81. The lowest BCUT2D eigenvalue weighted by Gasteiger charge is -2.19. The summed E-state index contributed by atoms with van der Waals surface area (Å²) in [6.45, 7) is 0.531. The first-order valence-electron chi connectivity index (χ1n) is 8.27. The monoisotopic (exact) mass is 421 g/mol. The van der Waals surface area contributed by atoms with Gasteiger partial charge >= 0.3 is 0 Å². The van der Waals surface area contributed by atoms with Gasteiger partial charge in [0.05, 0.1) is 20.9 Å². The maximum atomic E-state index is 12.6. The smallest absolute Gasteiger partial charge is 0.262 e. The van der Waals surface area contributed by atoms with E-state index in [-0.39, 0.29) is 24.4 Å². The zero-order valence-electron chi connectivity index (χ0n) is 14.5. The number of hydrogen-bond donors (Lipinski definition) is 1. The molecule has 0 aliphatic carbocycles. The van der Waals surface area contributed by atoms with Crippen LogP contribution in [0.15, 0.2) is 47.3 Å². The van der Waals surface area contributed by atoms with Crippen LogP contribution in [-0.2, 0) is 17.9 Å². The molecule has 0 saturated heterocycles. The topological polar surface area (TPSA) is 58.1 Å². The molecule has 27 heavy (non-hydrogen) atoms. The Morgan fingerprint density at radius 2 is 1.93 bits per heavy atom. The summed E-state index contributed by atoms with van der Waals surface area (Å²) >= 11 is 17.5. The third-order valence-corrected chi connectivity index (χ3v) is 5.48. The molecule has 5 nitrogen and oxygen atoms in total. The summed E-state index contributed by atoms with van der Waals surface area (Å²) in [4.78, 5) is 29.7. The van der Waals surface area contributed by atoms with E-state index in [0.717, 1.165) is 5.56 Å². The van der Waals surface area contributed by atoms with Crippen LogP contribution >= 0.6 is 35.4 Å². The van der Waals surface area contributed by atoms with Crippen molar-refractivity contribution < 1.29 is 4.79 Å². The molecule has 0 unspecified atom stereocenters. The molecular formula is C19H17Cl2N3O2S. The molecular weight excluding hydrogens is 405 g/mol. The van der Waals surface area contributed by atoms with Crippen LogP contribution in [0.4, 0.5) is 0 Å². The number of halogens is 2. The first-order valence-corrected chi connectivity index (χ1v) is 9.43. The van der Waals surface area contributed by atoms with Gasteiger partial charge in [0.2, 0.25) is 5.91 Å². The normalized spacial score (nSPS) is 10.9. The number of hydrogen-bond acceptors (Lipinski definition) is 3. The van der Waals surface area contributed by atoms with Crippen LogP contribution in [-0.4, -0.2) is 27.4 Å². The number of rotatable bonds is 5. The minimum atomic E-state index is -0.206. The van der Waals surface area contributed by atoms with Crippen molar-refractivity contribution in [1.29, 1.82) is 0 Å². The molecule has 1 amide bonds. The SMILES string of the molecule is CN(Cc1cccc(Cl)c1Cl)C(=O)CCn1c(=S)[nH]c2ccccc2c1=O. The lowest BCUT2D eigenvalue weighted by molar-refractivity contribution is -0.130. The molecule has 0 bridgehead atoms. The average Bonchev–Trinajstić information content (AvgIpc) is 2.65. The molecule has 0 atom stereocenters. The number of nitrogens with one attached hydrogen (secondary N) is 1. The number of benzene rings is 2. The molecule has 0 saturated carbocycles. The van der Waals surface area contributed by atoms with Crippen LogP contribution in [0.1, 0.15) is 12.0 Å². The molecule has 1 aromatic heterocycles. The van der Waals surface area contributed by atoms with Gasteiger partial charge in [-0.05, 0) is 36.0 Å². The van der Waals surface area contributed by atoms with Crippen LogP contribution < -0.4 is 5.56 Å². The van der Waals surface area contributed by atoms with Gasteiger partial charge in [0.1, 0.15) is 0 Å². The van der Waals surface area contributed by atoms with Crippen molar-refractivity contribution in [3.63, 3.8) is 0 Å². The van der Waals surface area contributed by atoms with Gasteiger partial charge in [0.25, 0.3) is 5.56 Å². The zero-order valence-corrected chi connectivity index (χ0v) is 16.9. The van der Waals surface area contributed by atoms with Crippen molar-refractivity contribution in [1.82, 2.24) is 14.5 Å². The molecule has 0 fully saturated rings. The summed E-state index contributed by atoms with van der Waals surface area (Å²) in [6.07, 6.45) is 0.143. The zero-order chi connectivity index (χ0) is 19.6. The highest BCUT2D eigenvalue weighted by atomic mass is 35.5. The van der Waals surface area contributed by atoms with Gasteiger partial charge < -0.3 is 9.88 Å². The van der Waals surface area contributed by atoms with Crippen molar-refractivity contribution >= 4 is 52.2 Å². The fourth-order valence-corrected chi connectivity index (χ4v) is 3.48. The predicted octanol–water partition coefficient (Wildman–Crippen LogP) is 4.41. The van der Waals surface area contributed by atoms with E-state index in [4.69, 9.17) is 35.4 Å². The fraction of sp³-hybridized carbons (Fsp3) is 0.211. The Labute approximate surface area is 171 Å². The molecule has 8 heteroatoms. The van der Waals surface area contributed by atoms with E-state index in [1.807, 2.05) is 12.1 Å². The highest BCUT2D eigenvalue weighted by molar-refractivity contribution is 7.71. The maximum Gasteiger partial charge on any atom is 0.262 e. The quantitative estimate of drug-likeness (QED) is 0.620. The highest BCUT2D eigenvalue weighted by Crippen LogP contribution is 2.26. The Bertz CT molecular complexity index is 1120. The molecule has 0 radical (unpaired) electrons. The molecule has 0 aliphatic heterocycles. The second kappa shape index (κ2) is 8.25. The van der Waals surface area contributed by atoms with Crippen molar-refractivity contribution in [3.05, 3.63) is 73.2 Å². The minimum absolute atomic E-state index is 0.125. The number of carbonyl (C=O) groups excluding carboxylic acids is 1. The number of fused-ring (bicyclic) bond motifs is 1. The lowest BCUT2D eigenvalue weighted by Crippen LogP contribution is -2.29. The highest BCUT2D eigenvalue weighted by Gasteiger charge is 2.14. The van der Waals surface area contributed by atoms with Crippen LogP contribution in [0.3, 0.4) is 0 Å². The Morgan fingerprint density at radius 3 is 2.70 bits per heavy atom. The van der Waals surface area contributed by atoms with E-state index < -0.39 is 0 Å². The van der Waals surface area contributed by atoms with E-state index in [1.165, 1.54) is 4.57 Å². The number of carbonyl (C=O) groups is 1. The van der Waals surface area contributed by atoms with Gasteiger partial charge in [-0.3, -0.25) is 14.2 Å². The van der Waals surface area contributed by atoms with Crippen molar-refractivity contribution in [2.24, 2.45) is 0 Å². The molecule has 2 aromatic carbocycles. The molecule has 3 rings (SSSR count). The third kappa shape index (κ3) is 4.24. The molecule has 1 heterocycles. The Hall–Kier alpha value is -2.15. The number of H-pyrrole nitrogens is 1. The van der Waals surface area contributed by atoms with Crippen molar-refractivity contribution in [2.45, 2.75) is 19.5 Å². The standard InChI is InChI=1S/C19H17Cl2N3O2S/c1-23(11-12-5-4-7-14(20)17(12)21)16(25)9-10-24-18(26)13-6-2-3-8-15(13)22-19(24)27/h2-8H,9-11H2,1H3,(H,22,27). The summed E-state index contributed by atoms with van der Waals surface area (Å²) in [7, 11) is 1.68. The Balaban J connectivity index is 1.74. The number of aromatic nitrogens is 2. The third-order valence-electron chi connectivity index (χ3n) is 4.30. The van der Waals surface area contributed by atoms with E-state index in [1.54, 1.807) is 42.3 Å². The predicted molar refractivity (Wildman–Crippen MR) is 111 cm³/mol. The first-order chi connectivity index (χ1) is 12.9. The molecule has 3 aromatic rings. The average molecular weight is 422 g/mol. The van der Waals surface area contributed by atoms with Gasteiger partial charge in [0, 0.05) is 26.6 Å². The van der Waals surface area contributed by atoms with Crippen LogP contribution in [0.25, 0.3) is 10.9 Å². The van der Waals surface area contributed by atoms with Gasteiger partial charge in [-0.2, -0.15) is 0 Å². The van der Waals surface area contributed by atoms with Crippen LogP contribution in [0.2, 0.25) is 10.0 Å². The first kappa shape index (κ1) is 19.6. The van der Waals surface area contributed by atoms with Gasteiger partial charge in [-0.25, -0.2) is 0 Å². The summed E-state index contributed by atoms with van der Waals surface area (Å²) < 4.78 is 1.71.